The van der Waals surface area contributed by atoms with Crippen molar-refractivity contribution in [3.8, 4) is 5.69 Å². The fourth-order valence-corrected chi connectivity index (χ4v) is 7.47. The molecule has 3 aromatic carbocycles. The number of hydrogen-bond donors (Lipinski definition) is 0. The van der Waals surface area contributed by atoms with Gasteiger partial charge in [0.25, 0.3) is 5.91 Å². The third-order valence-electron chi connectivity index (χ3n) is 9.74. The first kappa shape index (κ1) is 29.4. The highest BCUT2D eigenvalue weighted by Crippen LogP contribution is 2.44. The summed E-state index contributed by atoms with van der Waals surface area (Å²) < 4.78 is 0.777. The summed E-state index contributed by atoms with van der Waals surface area (Å²) in [6.45, 7) is 13.5. The molecule has 0 spiro atoms. The monoisotopic (exact) mass is 656 g/mol. The van der Waals surface area contributed by atoms with Gasteiger partial charge in [0, 0.05) is 26.6 Å². The number of carbonyl (C=O) groups excluding carboxylic acids is 1. The zero-order valence-electron chi connectivity index (χ0n) is 26.3. The first-order chi connectivity index (χ1) is 21.6. The molecule has 226 valence electrons. The second kappa shape index (κ2) is 11.0. The quantitative estimate of drug-likeness (QED) is 0.207. The molecule has 0 N–H and O–H groups in total. The fraction of sp³-hybridized carbons (Fsp3) is 0.256. The Bertz CT molecular complexity index is 2010. The molecule has 1 aromatic heterocycles. The number of aromatic nitrogens is 3. The van der Waals surface area contributed by atoms with Crippen LogP contribution in [0.3, 0.4) is 0 Å². The van der Waals surface area contributed by atoms with Gasteiger partial charge in [-0.2, -0.15) is 4.80 Å². The molecular formula is C39H37BrN4O. The Kier molecular flexibility index (Phi) is 7.16. The summed E-state index contributed by atoms with van der Waals surface area (Å²) in [7, 11) is 0. The van der Waals surface area contributed by atoms with E-state index in [1.807, 2.05) is 36.4 Å². The van der Waals surface area contributed by atoms with Crippen molar-refractivity contribution in [2.24, 2.45) is 0 Å². The van der Waals surface area contributed by atoms with E-state index in [1.54, 1.807) is 9.70 Å². The average Bonchev–Trinajstić information content (AvgIpc) is 3.60. The van der Waals surface area contributed by atoms with Gasteiger partial charge in [0.15, 0.2) is 0 Å². The molecule has 6 heteroatoms. The van der Waals surface area contributed by atoms with Gasteiger partial charge in [0.2, 0.25) is 0 Å². The van der Waals surface area contributed by atoms with Gasteiger partial charge in [-0.25, -0.2) is 0 Å². The van der Waals surface area contributed by atoms with E-state index in [-0.39, 0.29) is 16.7 Å². The Labute approximate surface area is 273 Å². The van der Waals surface area contributed by atoms with Gasteiger partial charge >= 0.3 is 0 Å². The van der Waals surface area contributed by atoms with Crippen molar-refractivity contribution in [1.82, 2.24) is 15.0 Å². The van der Waals surface area contributed by atoms with Crippen LogP contribution < -0.4 is 4.90 Å². The molecule has 0 saturated heterocycles. The molecule has 0 fully saturated rings. The van der Waals surface area contributed by atoms with E-state index in [0.29, 0.717) is 22.3 Å². The number of fused-ring (bicyclic) bond motifs is 3. The highest BCUT2D eigenvalue weighted by atomic mass is 79.9. The molecule has 1 amide bonds. The van der Waals surface area contributed by atoms with Crippen molar-refractivity contribution in [3.63, 3.8) is 0 Å². The van der Waals surface area contributed by atoms with Crippen LogP contribution in [0.15, 0.2) is 113 Å². The summed E-state index contributed by atoms with van der Waals surface area (Å²) in [6.07, 6.45) is 17.8. The lowest BCUT2D eigenvalue weighted by atomic mass is 9.71. The SMILES string of the molecule is C=C1c2c(Br)cc3nn(-c4cc(C(C)(C)C5=CCCC=C5)cc(C(C)(C)C5=CC=CCC5)c4)nc3c2C(=O)N1c1ccccc1. The highest BCUT2D eigenvalue weighted by Gasteiger charge is 2.38. The lowest BCUT2D eigenvalue weighted by Gasteiger charge is -2.34. The minimum atomic E-state index is -0.223. The third-order valence-corrected chi connectivity index (χ3v) is 10.4. The Morgan fingerprint density at radius 1 is 0.844 bits per heavy atom. The van der Waals surface area contributed by atoms with E-state index in [0.717, 1.165) is 47.1 Å². The number of benzene rings is 3. The number of carbonyl (C=O) groups is 1. The van der Waals surface area contributed by atoms with E-state index in [4.69, 9.17) is 10.2 Å². The molecular weight excluding hydrogens is 620 g/mol. The number of allylic oxidation sites excluding steroid dienone is 8. The first-order valence-electron chi connectivity index (χ1n) is 15.7. The summed E-state index contributed by atoms with van der Waals surface area (Å²) >= 11 is 3.72. The Morgan fingerprint density at radius 2 is 1.60 bits per heavy atom. The topological polar surface area (TPSA) is 51.0 Å². The van der Waals surface area contributed by atoms with Crippen LogP contribution in [-0.2, 0) is 10.8 Å². The number of hydrogen-bond acceptors (Lipinski definition) is 3. The molecule has 2 heterocycles. The van der Waals surface area contributed by atoms with Crippen LogP contribution >= 0.6 is 15.9 Å². The van der Waals surface area contributed by atoms with Crippen molar-refractivity contribution >= 4 is 44.3 Å². The third kappa shape index (κ3) is 4.87. The maximum atomic E-state index is 14.0. The Balaban J connectivity index is 1.40. The van der Waals surface area contributed by atoms with Crippen molar-refractivity contribution < 1.29 is 4.79 Å². The molecule has 1 aliphatic heterocycles. The minimum absolute atomic E-state index is 0.149. The summed E-state index contributed by atoms with van der Waals surface area (Å²) in [5.41, 5.74) is 9.52. The lowest BCUT2D eigenvalue weighted by Crippen LogP contribution is -2.25. The molecule has 0 unspecified atom stereocenters. The van der Waals surface area contributed by atoms with Crippen molar-refractivity contribution in [1.29, 1.82) is 0 Å². The van der Waals surface area contributed by atoms with E-state index >= 15 is 0 Å². The van der Waals surface area contributed by atoms with Gasteiger partial charge < -0.3 is 0 Å². The van der Waals surface area contributed by atoms with Crippen LogP contribution in [0.1, 0.15) is 80.4 Å². The Hall–Kier alpha value is -4.29. The fourth-order valence-electron chi connectivity index (χ4n) is 6.83. The number of rotatable bonds is 6. The zero-order valence-corrected chi connectivity index (χ0v) is 27.9. The van der Waals surface area contributed by atoms with Crippen LogP contribution in [0.25, 0.3) is 22.4 Å². The number of halogens is 1. The minimum Gasteiger partial charge on any atom is -0.277 e. The van der Waals surface area contributed by atoms with Crippen LogP contribution in [0, 0.1) is 0 Å². The Morgan fingerprint density at radius 3 is 2.29 bits per heavy atom. The number of para-hydroxylation sites is 1. The van der Waals surface area contributed by atoms with Crippen molar-refractivity contribution in [3.05, 3.63) is 136 Å². The molecule has 3 aliphatic rings. The standard InChI is InChI=1S/C39H37BrN4O/c1-25-34-32(40)24-33-36(35(34)37(45)43(25)30-19-13-8-14-20-30)42-44(41-33)31-22-28(38(2,3)26-15-9-6-10-16-26)21-29(23-31)39(4,5)27-17-11-7-12-18-27/h6,8-9,11,13-15,17-24H,1,7,10,12,16H2,2-5H3. The van der Waals surface area contributed by atoms with E-state index in [2.05, 4.69) is 105 Å². The summed E-state index contributed by atoms with van der Waals surface area (Å²) in [6, 6.07) is 18.4. The van der Waals surface area contributed by atoms with Gasteiger partial charge in [-0.1, -0.05) is 101 Å². The van der Waals surface area contributed by atoms with E-state index in [1.165, 1.54) is 22.3 Å². The van der Waals surface area contributed by atoms with Crippen LogP contribution in [0.4, 0.5) is 5.69 Å². The van der Waals surface area contributed by atoms with Gasteiger partial charge in [-0.15, -0.1) is 10.2 Å². The summed E-state index contributed by atoms with van der Waals surface area (Å²) in [5.74, 6) is -0.149. The van der Waals surface area contributed by atoms with Gasteiger partial charge in [-0.05, 0) is 88.6 Å². The number of anilines is 1. The molecule has 0 saturated carbocycles. The normalized spacial score (nSPS) is 16.8. The second-order valence-electron chi connectivity index (χ2n) is 13.2. The predicted octanol–water partition coefficient (Wildman–Crippen LogP) is 9.92. The summed E-state index contributed by atoms with van der Waals surface area (Å²) in [5, 5.41) is 9.99. The first-order valence-corrected chi connectivity index (χ1v) is 16.4. The van der Waals surface area contributed by atoms with Crippen LogP contribution in [0.5, 0.6) is 0 Å². The predicted molar refractivity (Wildman–Crippen MR) is 188 cm³/mol. The average molecular weight is 658 g/mol. The molecule has 7 rings (SSSR count). The molecule has 0 radical (unpaired) electrons. The smallest absolute Gasteiger partial charge is 0.265 e. The van der Waals surface area contributed by atoms with E-state index < -0.39 is 0 Å². The summed E-state index contributed by atoms with van der Waals surface area (Å²) in [4.78, 5) is 17.4. The second-order valence-corrected chi connectivity index (χ2v) is 14.1. The molecule has 45 heavy (non-hydrogen) atoms. The number of amides is 1. The molecule has 2 aliphatic carbocycles. The zero-order chi connectivity index (χ0) is 31.5. The maximum absolute atomic E-state index is 14.0. The van der Waals surface area contributed by atoms with Gasteiger partial charge in [0.1, 0.15) is 11.0 Å². The van der Waals surface area contributed by atoms with Crippen LogP contribution in [-0.4, -0.2) is 20.9 Å². The highest BCUT2D eigenvalue weighted by molar-refractivity contribution is 9.10. The molecule has 5 nitrogen and oxygen atoms in total. The van der Waals surface area contributed by atoms with E-state index in [9.17, 15) is 4.79 Å². The van der Waals surface area contributed by atoms with Crippen LogP contribution in [0.2, 0.25) is 0 Å². The maximum Gasteiger partial charge on any atom is 0.265 e. The van der Waals surface area contributed by atoms with Crippen molar-refractivity contribution in [2.75, 3.05) is 4.90 Å². The molecule has 0 bridgehead atoms. The lowest BCUT2D eigenvalue weighted by molar-refractivity contribution is 0.101. The van der Waals surface area contributed by atoms with Gasteiger partial charge in [0.05, 0.1) is 16.9 Å². The molecule has 4 aromatic rings. The largest absolute Gasteiger partial charge is 0.277 e. The molecule has 0 atom stereocenters. The van der Waals surface area contributed by atoms with Crippen molar-refractivity contribution in [2.45, 2.75) is 64.2 Å². The number of nitrogens with zero attached hydrogens (tertiary/aromatic N) is 4. The van der Waals surface area contributed by atoms with Gasteiger partial charge in [-0.3, -0.25) is 9.69 Å².